The number of sulfone groups is 1. The zero-order valence-electron chi connectivity index (χ0n) is 10.8. The zero-order valence-corrected chi connectivity index (χ0v) is 12.5. The van der Waals surface area contributed by atoms with Gasteiger partial charge in [-0.25, -0.2) is 8.42 Å². The molecule has 8 nitrogen and oxygen atoms in total. The van der Waals surface area contributed by atoms with Crippen LogP contribution in [0.2, 0.25) is 0 Å². The number of nitrogens with one attached hydrogen (secondary N) is 1. The highest BCUT2D eigenvalue weighted by molar-refractivity contribution is 7.92. The lowest BCUT2D eigenvalue weighted by Gasteiger charge is -2.02. The SMILES string of the molecule is COCc1nnc(NC(=O)CS(=O)(=O)CCCC#N)s1. The number of unbranched alkanes of at least 4 members (excludes halogenated alkanes) is 1. The van der Waals surface area contributed by atoms with Gasteiger partial charge in [-0.15, -0.1) is 10.2 Å². The van der Waals surface area contributed by atoms with E-state index in [1.165, 1.54) is 7.11 Å². The van der Waals surface area contributed by atoms with E-state index in [-0.39, 0.29) is 30.3 Å². The van der Waals surface area contributed by atoms with Crippen LogP contribution in [0.15, 0.2) is 0 Å². The third-order valence-electron chi connectivity index (χ3n) is 2.08. The summed E-state index contributed by atoms with van der Waals surface area (Å²) in [5.74, 6) is -1.47. The molecule has 0 aliphatic rings. The van der Waals surface area contributed by atoms with Gasteiger partial charge < -0.3 is 4.74 Å². The number of anilines is 1. The van der Waals surface area contributed by atoms with E-state index in [0.717, 1.165) is 11.3 Å². The number of amides is 1. The maximum atomic E-state index is 11.6. The van der Waals surface area contributed by atoms with Crippen LogP contribution in [0.25, 0.3) is 0 Å². The maximum absolute atomic E-state index is 11.6. The van der Waals surface area contributed by atoms with E-state index < -0.39 is 21.5 Å². The van der Waals surface area contributed by atoms with Crippen LogP contribution in [0, 0.1) is 11.3 Å². The Morgan fingerprint density at radius 1 is 1.50 bits per heavy atom. The fourth-order valence-electron chi connectivity index (χ4n) is 1.28. The van der Waals surface area contributed by atoms with E-state index in [0.29, 0.717) is 5.01 Å². The first-order valence-corrected chi connectivity index (χ1v) is 8.29. The molecule has 1 rings (SSSR count). The van der Waals surface area contributed by atoms with Crippen LogP contribution >= 0.6 is 11.3 Å². The molecule has 20 heavy (non-hydrogen) atoms. The van der Waals surface area contributed by atoms with Crippen molar-refractivity contribution < 1.29 is 17.9 Å². The van der Waals surface area contributed by atoms with Crippen LogP contribution in [-0.4, -0.2) is 43.1 Å². The Morgan fingerprint density at radius 3 is 2.90 bits per heavy atom. The minimum Gasteiger partial charge on any atom is -0.377 e. The molecule has 0 atom stereocenters. The molecule has 0 aliphatic carbocycles. The second-order valence-electron chi connectivity index (χ2n) is 3.84. The van der Waals surface area contributed by atoms with Gasteiger partial charge in [0.25, 0.3) is 0 Å². The molecule has 1 N–H and O–H groups in total. The van der Waals surface area contributed by atoms with E-state index in [2.05, 4.69) is 15.5 Å². The third kappa shape index (κ3) is 6.05. The molecule has 0 unspecified atom stereocenters. The summed E-state index contributed by atoms with van der Waals surface area (Å²) in [4.78, 5) is 11.6. The highest BCUT2D eigenvalue weighted by Gasteiger charge is 2.17. The topological polar surface area (TPSA) is 122 Å². The summed E-state index contributed by atoms with van der Waals surface area (Å²) in [5, 5.41) is 19.0. The second kappa shape index (κ2) is 7.88. The minimum absolute atomic E-state index is 0.150. The van der Waals surface area contributed by atoms with Crippen molar-refractivity contribution in [2.75, 3.05) is 23.9 Å². The quantitative estimate of drug-likeness (QED) is 0.686. The van der Waals surface area contributed by atoms with Crippen molar-refractivity contribution >= 4 is 32.2 Å². The summed E-state index contributed by atoms with van der Waals surface area (Å²) in [6.45, 7) is 0.278. The molecule has 0 radical (unpaired) electrons. The molecule has 0 fully saturated rings. The molecule has 0 saturated carbocycles. The number of nitrogens with zero attached hydrogens (tertiary/aromatic N) is 3. The van der Waals surface area contributed by atoms with Gasteiger partial charge in [0.15, 0.2) is 9.84 Å². The largest absolute Gasteiger partial charge is 0.377 e. The summed E-state index contributed by atoms with van der Waals surface area (Å²) >= 11 is 1.12. The van der Waals surface area contributed by atoms with Gasteiger partial charge in [0.05, 0.1) is 11.8 Å². The Morgan fingerprint density at radius 2 is 2.25 bits per heavy atom. The van der Waals surface area contributed by atoms with Crippen molar-refractivity contribution in [1.82, 2.24) is 10.2 Å². The number of carbonyl (C=O) groups excluding carboxylic acids is 1. The molecule has 1 amide bonds. The van der Waals surface area contributed by atoms with Crippen molar-refractivity contribution in [1.29, 1.82) is 5.26 Å². The molecule has 1 aromatic rings. The minimum atomic E-state index is -3.51. The monoisotopic (exact) mass is 318 g/mol. The summed E-state index contributed by atoms with van der Waals surface area (Å²) in [6.07, 6.45) is 0.376. The number of aromatic nitrogens is 2. The molecule has 0 spiro atoms. The lowest BCUT2D eigenvalue weighted by molar-refractivity contribution is -0.113. The summed E-state index contributed by atoms with van der Waals surface area (Å²) in [7, 11) is -2.00. The van der Waals surface area contributed by atoms with Gasteiger partial charge in [0, 0.05) is 13.5 Å². The highest BCUT2D eigenvalue weighted by atomic mass is 32.2. The molecular weight excluding hydrogens is 304 g/mol. The second-order valence-corrected chi connectivity index (χ2v) is 7.08. The molecule has 0 bridgehead atoms. The van der Waals surface area contributed by atoms with E-state index >= 15 is 0 Å². The van der Waals surface area contributed by atoms with Gasteiger partial charge >= 0.3 is 0 Å². The maximum Gasteiger partial charge on any atom is 0.241 e. The lowest BCUT2D eigenvalue weighted by Crippen LogP contribution is -2.24. The third-order valence-corrected chi connectivity index (χ3v) is 4.50. The van der Waals surface area contributed by atoms with Crippen LogP contribution in [-0.2, 0) is 26.0 Å². The number of carbonyl (C=O) groups is 1. The standard InChI is InChI=1S/C10H14N4O4S2/c1-18-6-9-13-14-10(19-9)12-8(15)7-20(16,17)5-3-2-4-11/h2-3,5-7H2,1H3,(H,12,14,15). The van der Waals surface area contributed by atoms with Crippen molar-refractivity contribution in [3.05, 3.63) is 5.01 Å². The Bertz CT molecular complexity index is 591. The van der Waals surface area contributed by atoms with Gasteiger partial charge in [-0.2, -0.15) is 5.26 Å². The predicted octanol–water partition coefficient (Wildman–Crippen LogP) is 0.342. The van der Waals surface area contributed by atoms with Crippen molar-refractivity contribution in [3.8, 4) is 6.07 Å². The van der Waals surface area contributed by atoms with E-state index in [1.807, 2.05) is 6.07 Å². The predicted molar refractivity (Wildman–Crippen MR) is 72.8 cm³/mol. The number of methoxy groups -OCH3 is 1. The highest BCUT2D eigenvalue weighted by Crippen LogP contribution is 2.15. The molecule has 1 aromatic heterocycles. The van der Waals surface area contributed by atoms with Gasteiger partial charge in [0.1, 0.15) is 17.4 Å². The number of ether oxygens (including phenoxy) is 1. The fraction of sp³-hybridized carbons (Fsp3) is 0.600. The molecule has 0 aromatic carbocycles. The van der Waals surface area contributed by atoms with Crippen molar-refractivity contribution in [2.24, 2.45) is 0 Å². The number of hydrogen-bond acceptors (Lipinski definition) is 8. The van der Waals surface area contributed by atoms with E-state index in [1.54, 1.807) is 0 Å². The lowest BCUT2D eigenvalue weighted by atomic mass is 10.4. The summed E-state index contributed by atoms with van der Waals surface area (Å²) < 4.78 is 28.0. The summed E-state index contributed by atoms with van der Waals surface area (Å²) in [5.41, 5.74) is 0. The van der Waals surface area contributed by atoms with Crippen LogP contribution < -0.4 is 5.32 Å². The van der Waals surface area contributed by atoms with Gasteiger partial charge in [-0.3, -0.25) is 10.1 Å². The first kappa shape index (κ1) is 16.5. The number of rotatable bonds is 8. The van der Waals surface area contributed by atoms with Crippen LogP contribution in [0.4, 0.5) is 5.13 Å². The molecular formula is C10H14N4O4S2. The average molecular weight is 318 g/mol. The zero-order chi connectivity index (χ0) is 15.0. The first-order valence-electron chi connectivity index (χ1n) is 5.65. The average Bonchev–Trinajstić information content (AvgIpc) is 2.76. The molecule has 0 saturated heterocycles. The van der Waals surface area contributed by atoms with Gasteiger partial charge in [0.2, 0.25) is 11.0 Å². The Kier molecular flexibility index (Phi) is 6.50. The van der Waals surface area contributed by atoms with Crippen LogP contribution in [0.1, 0.15) is 17.8 Å². The first-order chi connectivity index (χ1) is 9.46. The Hall–Kier alpha value is -1.57. The summed E-state index contributed by atoms with van der Waals surface area (Å²) in [6, 6.07) is 1.85. The number of nitriles is 1. The molecule has 1 heterocycles. The smallest absolute Gasteiger partial charge is 0.241 e. The normalized spacial score (nSPS) is 11.0. The number of hydrogen-bond donors (Lipinski definition) is 1. The van der Waals surface area contributed by atoms with Gasteiger partial charge in [-0.05, 0) is 6.42 Å². The fourth-order valence-corrected chi connectivity index (χ4v) is 3.21. The van der Waals surface area contributed by atoms with Crippen LogP contribution in [0.3, 0.4) is 0 Å². The molecule has 10 heteroatoms. The molecule has 110 valence electrons. The van der Waals surface area contributed by atoms with E-state index in [9.17, 15) is 13.2 Å². The van der Waals surface area contributed by atoms with Crippen LogP contribution in [0.5, 0.6) is 0 Å². The van der Waals surface area contributed by atoms with Crippen molar-refractivity contribution in [3.63, 3.8) is 0 Å². The molecule has 0 aliphatic heterocycles. The van der Waals surface area contributed by atoms with Gasteiger partial charge in [-0.1, -0.05) is 11.3 Å². The van der Waals surface area contributed by atoms with E-state index in [4.69, 9.17) is 10.00 Å². The van der Waals surface area contributed by atoms with Crippen molar-refractivity contribution in [2.45, 2.75) is 19.4 Å². The Labute approximate surface area is 120 Å². The Balaban J connectivity index is 2.48.